The van der Waals surface area contributed by atoms with Gasteiger partial charge in [0.1, 0.15) is 10.8 Å². The minimum absolute atomic E-state index is 0.0306. The zero-order valence-corrected chi connectivity index (χ0v) is 17.4. The molecule has 1 atom stereocenters. The number of amides is 2. The topological polar surface area (TPSA) is 113 Å². The molecule has 0 bridgehead atoms. The van der Waals surface area contributed by atoms with Crippen LogP contribution in [0.15, 0.2) is 30.3 Å². The Bertz CT molecular complexity index is 1060. The third kappa shape index (κ3) is 4.39. The van der Waals surface area contributed by atoms with Crippen LogP contribution in [0.3, 0.4) is 0 Å². The lowest BCUT2D eigenvalue weighted by Gasteiger charge is -2.22. The van der Waals surface area contributed by atoms with Crippen molar-refractivity contribution in [3.63, 3.8) is 0 Å². The fourth-order valence-corrected chi connectivity index (χ4v) is 4.54. The first-order chi connectivity index (χ1) is 13.9. The Hall–Kier alpha value is -2.55. The number of nitrogens with one attached hydrogen (secondary N) is 3. The van der Waals surface area contributed by atoms with Gasteiger partial charge in [-0.15, -0.1) is 11.3 Å². The maximum atomic E-state index is 12.4. The summed E-state index contributed by atoms with van der Waals surface area (Å²) in [6, 6.07) is 8.17. The first kappa shape index (κ1) is 19.8. The summed E-state index contributed by atoms with van der Waals surface area (Å²) < 4.78 is 0. The van der Waals surface area contributed by atoms with Gasteiger partial charge >= 0.3 is 0 Å². The molecule has 0 unspecified atom stereocenters. The molecule has 0 fully saturated rings. The summed E-state index contributed by atoms with van der Waals surface area (Å²) in [5, 5.41) is 6.92. The van der Waals surface area contributed by atoms with Crippen molar-refractivity contribution in [2.24, 2.45) is 0 Å². The number of aryl methyl sites for hydroxylation is 1. The summed E-state index contributed by atoms with van der Waals surface area (Å²) in [6.45, 7) is 0. The predicted octanol–water partition coefficient (Wildman–Crippen LogP) is 3.90. The standard InChI is InChI=1S/C19H17Cl2N5O2S/c20-12-8-14(24-16(12)21)18(28)23-11-5-6-13-15(7-11)29-19(25-13)26-17(27)9-1-3-10(22)4-2-9/h1-4,8,11,24H,5-7,22H2,(H,23,28)(H,25,26,27)/t11-/m0/s1. The molecular formula is C19H17Cl2N5O2S. The lowest BCUT2D eigenvalue weighted by Crippen LogP contribution is -2.38. The van der Waals surface area contributed by atoms with E-state index in [9.17, 15) is 9.59 Å². The number of anilines is 2. The van der Waals surface area contributed by atoms with Crippen molar-refractivity contribution >= 4 is 57.2 Å². The Kier molecular flexibility index (Phi) is 5.49. The number of thiazole rings is 1. The molecule has 150 valence electrons. The highest BCUT2D eigenvalue weighted by molar-refractivity contribution is 7.15. The fourth-order valence-electron chi connectivity index (χ4n) is 3.14. The van der Waals surface area contributed by atoms with E-state index in [4.69, 9.17) is 28.9 Å². The van der Waals surface area contributed by atoms with Gasteiger partial charge in [0, 0.05) is 28.6 Å². The lowest BCUT2D eigenvalue weighted by molar-refractivity contribution is 0.0928. The van der Waals surface area contributed by atoms with Gasteiger partial charge in [0.25, 0.3) is 11.8 Å². The zero-order valence-electron chi connectivity index (χ0n) is 15.1. The second-order valence-corrected chi connectivity index (χ2v) is 8.59. The quantitative estimate of drug-likeness (QED) is 0.452. The van der Waals surface area contributed by atoms with Crippen molar-refractivity contribution < 1.29 is 9.59 Å². The van der Waals surface area contributed by atoms with Crippen LogP contribution in [0.1, 0.15) is 37.8 Å². The summed E-state index contributed by atoms with van der Waals surface area (Å²) in [5.74, 6) is -0.491. The van der Waals surface area contributed by atoms with Crippen LogP contribution >= 0.6 is 34.5 Å². The van der Waals surface area contributed by atoms with Crippen molar-refractivity contribution in [1.82, 2.24) is 15.3 Å². The van der Waals surface area contributed by atoms with Crippen LogP contribution in [-0.4, -0.2) is 27.8 Å². The molecule has 0 aliphatic heterocycles. The van der Waals surface area contributed by atoms with Gasteiger partial charge in [-0.1, -0.05) is 23.2 Å². The summed E-state index contributed by atoms with van der Waals surface area (Å²) in [7, 11) is 0. The molecule has 7 nitrogen and oxygen atoms in total. The van der Waals surface area contributed by atoms with E-state index in [-0.39, 0.29) is 23.0 Å². The summed E-state index contributed by atoms with van der Waals surface area (Å²) in [5.41, 5.74) is 8.05. The van der Waals surface area contributed by atoms with Gasteiger partial charge in [-0.2, -0.15) is 0 Å². The fraction of sp³-hybridized carbons (Fsp3) is 0.211. The number of aromatic amines is 1. The molecule has 10 heteroatoms. The molecule has 0 spiro atoms. The van der Waals surface area contributed by atoms with Gasteiger partial charge in [0.15, 0.2) is 5.13 Å². The van der Waals surface area contributed by atoms with Crippen LogP contribution in [-0.2, 0) is 12.8 Å². The molecule has 2 amide bonds. The van der Waals surface area contributed by atoms with Crippen molar-refractivity contribution in [2.75, 3.05) is 11.1 Å². The summed E-state index contributed by atoms with van der Waals surface area (Å²) in [4.78, 5) is 33.1. The third-order valence-electron chi connectivity index (χ3n) is 4.64. The Morgan fingerprint density at radius 2 is 1.97 bits per heavy atom. The van der Waals surface area contributed by atoms with Crippen molar-refractivity contribution in [3.8, 4) is 0 Å². The number of nitrogen functional groups attached to an aromatic ring is 1. The number of nitrogens with two attached hydrogens (primary N) is 1. The third-order valence-corrected chi connectivity index (χ3v) is 6.37. The number of carbonyl (C=O) groups excluding carboxylic acids is 2. The summed E-state index contributed by atoms with van der Waals surface area (Å²) in [6.07, 6.45) is 2.13. The molecule has 0 saturated heterocycles. The highest BCUT2D eigenvalue weighted by Crippen LogP contribution is 2.30. The predicted molar refractivity (Wildman–Crippen MR) is 115 cm³/mol. The van der Waals surface area contributed by atoms with Crippen molar-refractivity contribution in [2.45, 2.75) is 25.3 Å². The van der Waals surface area contributed by atoms with E-state index in [1.165, 1.54) is 17.4 Å². The monoisotopic (exact) mass is 449 g/mol. The van der Waals surface area contributed by atoms with Crippen LogP contribution in [0, 0.1) is 0 Å². The maximum absolute atomic E-state index is 12.4. The van der Waals surface area contributed by atoms with Crippen LogP contribution in [0.2, 0.25) is 10.2 Å². The smallest absolute Gasteiger partial charge is 0.268 e. The first-order valence-corrected chi connectivity index (χ1v) is 10.5. The van der Waals surface area contributed by atoms with Gasteiger partial charge in [-0.05, 0) is 43.2 Å². The number of hydrogen-bond donors (Lipinski definition) is 4. The molecule has 29 heavy (non-hydrogen) atoms. The second-order valence-electron chi connectivity index (χ2n) is 6.72. The molecule has 4 rings (SSSR count). The molecule has 2 aromatic heterocycles. The average Bonchev–Trinajstić information content (AvgIpc) is 3.24. The molecule has 1 aromatic carbocycles. The number of hydrogen-bond acceptors (Lipinski definition) is 5. The van der Waals surface area contributed by atoms with E-state index in [0.29, 0.717) is 33.5 Å². The number of nitrogens with zero attached hydrogens (tertiary/aromatic N) is 1. The average molecular weight is 450 g/mol. The van der Waals surface area contributed by atoms with E-state index in [1.807, 2.05) is 0 Å². The van der Waals surface area contributed by atoms with Crippen molar-refractivity contribution in [3.05, 3.63) is 62.3 Å². The minimum atomic E-state index is -0.256. The van der Waals surface area contributed by atoms with E-state index in [0.717, 1.165) is 23.4 Å². The van der Waals surface area contributed by atoms with E-state index in [1.54, 1.807) is 24.3 Å². The van der Waals surface area contributed by atoms with E-state index in [2.05, 4.69) is 20.6 Å². The molecule has 2 heterocycles. The van der Waals surface area contributed by atoms with Crippen LogP contribution < -0.4 is 16.4 Å². The normalized spacial score (nSPS) is 15.6. The van der Waals surface area contributed by atoms with Gasteiger partial charge in [-0.3, -0.25) is 14.9 Å². The SMILES string of the molecule is Nc1ccc(C(=O)Nc2nc3c(s2)C[C@@H](NC(=O)c2cc(Cl)c(Cl)[nH]2)CC3)cc1. The van der Waals surface area contributed by atoms with Gasteiger partial charge in [0.2, 0.25) is 0 Å². The van der Waals surface area contributed by atoms with E-state index < -0.39 is 0 Å². The number of carbonyl (C=O) groups is 2. The number of fused-ring (bicyclic) bond motifs is 1. The maximum Gasteiger partial charge on any atom is 0.268 e. The lowest BCUT2D eigenvalue weighted by atomic mass is 9.97. The molecule has 3 aromatic rings. The number of H-pyrrole nitrogens is 1. The largest absolute Gasteiger partial charge is 0.399 e. The highest BCUT2D eigenvalue weighted by atomic mass is 35.5. The van der Waals surface area contributed by atoms with Gasteiger partial charge in [-0.25, -0.2) is 4.98 Å². The number of halogens is 2. The number of aromatic nitrogens is 2. The molecule has 5 N–H and O–H groups in total. The van der Waals surface area contributed by atoms with E-state index >= 15 is 0 Å². The Morgan fingerprint density at radius 1 is 1.21 bits per heavy atom. The Labute approximate surface area is 180 Å². The highest BCUT2D eigenvalue weighted by Gasteiger charge is 2.25. The summed E-state index contributed by atoms with van der Waals surface area (Å²) >= 11 is 13.2. The molecule has 1 aliphatic rings. The minimum Gasteiger partial charge on any atom is -0.399 e. The second kappa shape index (κ2) is 8.06. The molecule has 1 aliphatic carbocycles. The van der Waals surface area contributed by atoms with Gasteiger partial charge in [0.05, 0.1) is 10.7 Å². The zero-order chi connectivity index (χ0) is 20.5. The van der Waals surface area contributed by atoms with Crippen molar-refractivity contribution in [1.29, 1.82) is 0 Å². The molecule has 0 saturated carbocycles. The first-order valence-electron chi connectivity index (χ1n) is 8.89. The van der Waals surface area contributed by atoms with Crippen LogP contribution in [0.25, 0.3) is 0 Å². The Morgan fingerprint density at radius 3 is 2.66 bits per heavy atom. The molecular weight excluding hydrogens is 433 g/mol. The van der Waals surface area contributed by atoms with Crippen LogP contribution in [0.5, 0.6) is 0 Å². The Balaban J connectivity index is 1.40. The number of benzene rings is 1. The van der Waals surface area contributed by atoms with Crippen LogP contribution in [0.4, 0.5) is 10.8 Å². The molecule has 0 radical (unpaired) electrons. The number of rotatable bonds is 4. The van der Waals surface area contributed by atoms with Gasteiger partial charge < -0.3 is 16.0 Å².